The van der Waals surface area contributed by atoms with Crippen LogP contribution in [0.3, 0.4) is 0 Å². The Morgan fingerprint density at radius 3 is 1.55 bits per heavy atom. The van der Waals surface area contributed by atoms with Crippen molar-refractivity contribution < 1.29 is 4.42 Å². The third kappa shape index (κ3) is 8.87. The van der Waals surface area contributed by atoms with Gasteiger partial charge in [-0.05, 0) is 148 Å². The maximum absolute atomic E-state index is 6.34. The molecule has 0 saturated heterocycles. The van der Waals surface area contributed by atoms with Crippen molar-refractivity contribution in [1.29, 1.82) is 0 Å². The lowest BCUT2D eigenvalue weighted by molar-refractivity contribution is 0.398. The molecule has 1 aliphatic carbocycles. The first-order valence-electron chi connectivity index (χ1n) is 26.3. The summed E-state index contributed by atoms with van der Waals surface area (Å²) in [7, 11) is 0. The minimum Gasteiger partial charge on any atom is -0.456 e. The number of unbranched alkanes of at least 4 members (excludes halogenated alkanes) is 10. The van der Waals surface area contributed by atoms with Crippen LogP contribution < -0.4 is 0 Å². The molecular formula is C67H66OS. The number of benzene rings is 8. The number of para-hydroxylation sites is 1. The van der Waals surface area contributed by atoms with Crippen molar-refractivity contribution in [2.75, 3.05) is 0 Å². The third-order valence-corrected chi connectivity index (χ3v) is 16.7. The molecule has 2 heterocycles. The van der Waals surface area contributed by atoms with Gasteiger partial charge >= 0.3 is 0 Å². The molecule has 0 radical (unpaired) electrons. The highest BCUT2D eigenvalue weighted by atomic mass is 32.1. The summed E-state index contributed by atoms with van der Waals surface area (Å²) < 4.78 is 8.90. The van der Waals surface area contributed by atoms with E-state index in [1.54, 1.807) is 11.1 Å². The first-order chi connectivity index (χ1) is 33.9. The van der Waals surface area contributed by atoms with Crippen molar-refractivity contribution in [3.8, 4) is 55.6 Å². The van der Waals surface area contributed by atoms with Gasteiger partial charge in [0.1, 0.15) is 11.2 Å². The van der Waals surface area contributed by atoms with E-state index in [1.807, 2.05) is 11.3 Å². The van der Waals surface area contributed by atoms with Crippen molar-refractivity contribution in [3.05, 3.63) is 180 Å². The Labute approximate surface area is 414 Å². The summed E-state index contributed by atoms with van der Waals surface area (Å²) >= 11 is 1.86. The number of thiophene rings is 1. The molecule has 1 aliphatic rings. The summed E-state index contributed by atoms with van der Waals surface area (Å²) in [5.41, 5.74) is 20.6. The number of furan rings is 1. The summed E-state index contributed by atoms with van der Waals surface area (Å²) in [5, 5.41) is 4.94. The Hall–Kier alpha value is -6.22. The maximum atomic E-state index is 6.34. The normalized spacial score (nSPS) is 13.0. The molecule has 346 valence electrons. The van der Waals surface area contributed by atoms with Crippen molar-refractivity contribution >= 4 is 53.4 Å². The van der Waals surface area contributed by atoms with Gasteiger partial charge in [0, 0.05) is 36.4 Å². The van der Waals surface area contributed by atoms with Gasteiger partial charge in [-0.2, -0.15) is 0 Å². The second kappa shape index (κ2) is 19.6. The average Bonchev–Trinajstić information content (AvgIpc) is 4.02. The van der Waals surface area contributed by atoms with Crippen LogP contribution in [-0.4, -0.2) is 0 Å². The Kier molecular flexibility index (Phi) is 12.9. The molecule has 0 bridgehead atoms. The summed E-state index contributed by atoms with van der Waals surface area (Å²) in [5.74, 6) is 0. The van der Waals surface area contributed by atoms with Gasteiger partial charge in [-0.15, -0.1) is 11.3 Å². The number of rotatable bonds is 18. The number of aryl methyl sites for hydroxylation is 2. The summed E-state index contributed by atoms with van der Waals surface area (Å²) in [6.07, 6.45) is 18.3. The Morgan fingerprint density at radius 2 is 0.870 bits per heavy atom. The van der Waals surface area contributed by atoms with E-state index in [2.05, 4.69) is 185 Å². The molecule has 2 heteroatoms. The largest absolute Gasteiger partial charge is 0.456 e. The molecule has 0 amide bonds. The van der Waals surface area contributed by atoms with E-state index in [9.17, 15) is 0 Å². The minimum atomic E-state index is 0.0191. The van der Waals surface area contributed by atoms with Crippen LogP contribution in [0.4, 0.5) is 0 Å². The highest BCUT2D eigenvalue weighted by molar-refractivity contribution is 7.25. The summed E-state index contributed by atoms with van der Waals surface area (Å²) in [4.78, 5) is 0. The van der Waals surface area contributed by atoms with Gasteiger partial charge in [-0.1, -0.05) is 205 Å². The Bertz CT molecular complexity index is 3420. The minimum absolute atomic E-state index is 0.0191. The fourth-order valence-corrected chi connectivity index (χ4v) is 12.9. The zero-order valence-electron chi connectivity index (χ0n) is 41.2. The van der Waals surface area contributed by atoms with Crippen molar-refractivity contribution in [2.45, 2.75) is 123 Å². The first-order valence-corrected chi connectivity index (χ1v) is 27.1. The van der Waals surface area contributed by atoms with Crippen LogP contribution in [0.1, 0.15) is 126 Å². The van der Waals surface area contributed by atoms with Gasteiger partial charge in [0.25, 0.3) is 0 Å². The standard InChI is InChI=1S/C67H66OS/c1-5-7-9-11-13-17-35-67(36-18-14-12-10-8-6-2)61-37-46(4)23-32-55(61)56-33-30-51(42-62(56)67)54-39-52(49-28-26-48(27-29-49)47-24-21-45(3)22-25-47)38-53(40-54)50-31-34-65-59(41-50)60-43-58-57-19-15-16-20-63(57)68-64(58)44-66(60)69-65/h15-16,19-34,37-44H,5-14,17-18,35-36H2,1-4H3. The van der Waals surface area contributed by atoms with Gasteiger partial charge < -0.3 is 4.42 Å². The fraction of sp³-hybridized carbons (Fsp3) is 0.284. The predicted octanol–water partition coefficient (Wildman–Crippen LogP) is 21.0. The number of hydrogen-bond donors (Lipinski definition) is 0. The van der Waals surface area contributed by atoms with Crippen LogP contribution in [0, 0.1) is 13.8 Å². The highest BCUT2D eigenvalue weighted by Gasteiger charge is 2.42. The molecule has 10 aromatic rings. The quantitative estimate of drug-likeness (QED) is 0.0782. The van der Waals surface area contributed by atoms with Crippen LogP contribution in [0.5, 0.6) is 0 Å². The molecule has 0 N–H and O–H groups in total. The average molecular weight is 919 g/mol. The lowest BCUT2D eigenvalue weighted by Gasteiger charge is -2.33. The number of hydrogen-bond acceptors (Lipinski definition) is 2. The summed E-state index contributed by atoms with van der Waals surface area (Å²) in [6, 6.07) is 60.5. The van der Waals surface area contributed by atoms with Gasteiger partial charge in [-0.3, -0.25) is 0 Å². The number of fused-ring (bicyclic) bond motifs is 9. The molecule has 8 aromatic carbocycles. The Balaban J connectivity index is 1.04. The van der Waals surface area contributed by atoms with Crippen molar-refractivity contribution in [2.24, 2.45) is 0 Å². The van der Waals surface area contributed by atoms with E-state index < -0.39 is 0 Å². The third-order valence-electron chi connectivity index (χ3n) is 15.6. The highest BCUT2D eigenvalue weighted by Crippen LogP contribution is 2.55. The van der Waals surface area contributed by atoms with E-state index in [0.717, 1.165) is 11.2 Å². The first kappa shape index (κ1) is 45.2. The van der Waals surface area contributed by atoms with E-state index in [1.165, 1.54) is 188 Å². The predicted molar refractivity (Wildman–Crippen MR) is 300 cm³/mol. The molecule has 0 unspecified atom stereocenters. The zero-order chi connectivity index (χ0) is 46.9. The smallest absolute Gasteiger partial charge is 0.136 e. The van der Waals surface area contributed by atoms with E-state index >= 15 is 0 Å². The fourth-order valence-electron chi connectivity index (χ4n) is 11.8. The van der Waals surface area contributed by atoms with E-state index in [4.69, 9.17) is 4.42 Å². The van der Waals surface area contributed by atoms with Crippen molar-refractivity contribution in [3.63, 3.8) is 0 Å². The lowest BCUT2D eigenvalue weighted by Crippen LogP contribution is -2.25. The van der Waals surface area contributed by atoms with Crippen LogP contribution in [0.25, 0.3) is 97.7 Å². The lowest BCUT2D eigenvalue weighted by atomic mass is 9.70. The van der Waals surface area contributed by atoms with Gasteiger partial charge in [-0.25, -0.2) is 0 Å². The van der Waals surface area contributed by atoms with Crippen LogP contribution in [-0.2, 0) is 5.41 Å². The second-order valence-electron chi connectivity index (χ2n) is 20.4. The molecule has 0 spiro atoms. The van der Waals surface area contributed by atoms with Gasteiger partial charge in [0.2, 0.25) is 0 Å². The van der Waals surface area contributed by atoms with E-state index in [0.29, 0.717) is 0 Å². The molecule has 1 nitrogen and oxygen atoms in total. The maximum Gasteiger partial charge on any atom is 0.136 e. The van der Waals surface area contributed by atoms with E-state index in [-0.39, 0.29) is 5.41 Å². The van der Waals surface area contributed by atoms with Crippen molar-refractivity contribution in [1.82, 2.24) is 0 Å². The molecule has 0 fully saturated rings. The summed E-state index contributed by atoms with van der Waals surface area (Å²) in [6.45, 7) is 9.10. The molecule has 69 heavy (non-hydrogen) atoms. The SMILES string of the molecule is CCCCCCCCC1(CCCCCCCC)c2cc(C)ccc2-c2ccc(-c3cc(-c4ccc(-c5ccc(C)cc5)cc4)cc(-c4ccc5sc6cc7oc8ccccc8c7cc6c5c4)c3)cc21. The Morgan fingerprint density at radius 1 is 0.362 bits per heavy atom. The monoisotopic (exact) mass is 918 g/mol. The molecule has 0 atom stereocenters. The van der Waals surface area contributed by atoms with Crippen LogP contribution in [0.15, 0.2) is 162 Å². The van der Waals surface area contributed by atoms with Crippen LogP contribution in [0.2, 0.25) is 0 Å². The molecule has 2 aromatic heterocycles. The van der Waals surface area contributed by atoms with Gasteiger partial charge in [0.05, 0.1) is 0 Å². The molecule has 0 aliphatic heterocycles. The molecular weight excluding hydrogens is 853 g/mol. The van der Waals surface area contributed by atoms with Crippen LogP contribution >= 0.6 is 11.3 Å². The topological polar surface area (TPSA) is 13.1 Å². The zero-order valence-corrected chi connectivity index (χ0v) is 42.0. The second-order valence-corrected chi connectivity index (χ2v) is 21.5. The molecule has 11 rings (SSSR count). The molecule has 0 saturated carbocycles. The van der Waals surface area contributed by atoms with Gasteiger partial charge in [0.15, 0.2) is 0 Å².